The average molecular weight is 307 g/mol. The maximum atomic E-state index is 11.9. The van der Waals surface area contributed by atoms with E-state index in [-0.39, 0.29) is 22.0 Å². The van der Waals surface area contributed by atoms with Crippen LogP contribution in [0.3, 0.4) is 0 Å². The second kappa shape index (κ2) is 6.32. The third-order valence-electron chi connectivity index (χ3n) is 2.76. The smallest absolute Gasteiger partial charge is 0.341 e. The summed E-state index contributed by atoms with van der Waals surface area (Å²) in [6, 6.07) is 4.67. The van der Waals surface area contributed by atoms with E-state index in [1.807, 2.05) is 0 Å². The average Bonchev–Trinajstić information content (AvgIpc) is 2.53. The summed E-state index contributed by atoms with van der Waals surface area (Å²) < 4.78 is 9.41. The number of aromatic nitrogens is 2. The van der Waals surface area contributed by atoms with Gasteiger partial charge in [0.2, 0.25) is 0 Å². The predicted molar refractivity (Wildman–Crippen MR) is 75.2 cm³/mol. The van der Waals surface area contributed by atoms with Crippen LogP contribution < -0.4 is 0 Å². The highest BCUT2D eigenvalue weighted by molar-refractivity contribution is 6.33. The first kappa shape index (κ1) is 14.9. The minimum atomic E-state index is -0.662. The Hall–Kier alpha value is -2.47. The summed E-state index contributed by atoms with van der Waals surface area (Å²) in [5.41, 5.74) is 0.884. The van der Waals surface area contributed by atoms with E-state index in [2.05, 4.69) is 9.97 Å². The van der Waals surface area contributed by atoms with Gasteiger partial charge < -0.3 is 9.47 Å². The summed E-state index contributed by atoms with van der Waals surface area (Å²) in [5.74, 6) is -1.23. The fourth-order valence-corrected chi connectivity index (χ4v) is 2.06. The third kappa shape index (κ3) is 2.85. The predicted octanol–water partition coefficient (Wildman–Crippen LogP) is 2.37. The molecule has 108 valence electrons. The van der Waals surface area contributed by atoms with Crippen molar-refractivity contribution in [2.45, 2.75) is 0 Å². The summed E-state index contributed by atoms with van der Waals surface area (Å²) in [7, 11) is 2.49. The summed E-state index contributed by atoms with van der Waals surface area (Å²) in [5, 5.41) is -0.0270. The Morgan fingerprint density at radius 3 is 2.43 bits per heavy atom. The van der Waals surface area contributed by atoms with Gasteiger partial charge >= 0.3 is 11.9 Å². The Morgan fingerprint density at radius 1 is 1.05 bits per heavy atom. The Labute approximate surface area is 125 Å². The van der Waals surface area contributed by atoms with E-state index in [1.54, 1.807) is 12.1 Å². The number of carbonyl (C=O) groups excluding carboxylic acids is 2. The molecule has 0 radical (unpaired) electrons. The first-order valence-electron chi connectivity index (χ1n) is 5.86. The van der Waals surface area contributed by atoms with Gasteiger partial charge in [0, 0.05) is 18.0 Å². The quantitative estimate of drug-likeness (QED) is 0.640. The number of carbonyl (C=O) groups is 2. The molecule has 0 N–H and O–H groups in total. The van der Waals surface area contributed by atoms with Crippen molar-refractivity contribution in [1.29, 1.82) is 0 Å². The van der Waals surface area contributed by atoms with E-state index in [9.17, 15) is 9.59 Å². The molecule has 2 aromatic rings. The van der Waals surface area contributed by atoms with E-state index < -0.39 is 11.9 Å². The second-order valence-corrected chi connectivity index (χ2v) is 4.27. The molecule has 2 aromatic heterocycles. The van der Waals surface area contributed by atoms with Crippen LogP contribution in [0.2, 0.25) is 5.15 Å². The molecule has 0 amide bonds. The van der Waals surface area contributed by atoms with Gasteiger partial charge in [0.25, 0.3) is 0 Å². The molecule has 0 saturated carbocycles. The van der Waals surface area contributed by atoms with Gasteiger partial charge in [0.1, 0.15) is 10.7 Å². The van der Waals surface area contributed by atoms with Gasteiger partial charge in [-0.3, -0.25) is 4.98 Å². The molecule has 0 saturated heterocycles. The van der Waals surface area contributed by atoms with Crippen LogP contribution in [-0.4, -0.2) is 36.1 Å². The zero-order chi connectivity index (χ0) is 15.4. The van der Waals surface area contributed by atoms with E-state index in [0.717, 1.165) is 0 Å². The Kier molecular flexibility index (Phi) is 4.49. The molecule has 0 aromatic carbocycles. The molecule has 2 rings (SSSR count). The minimum Gasteiger partial charge on any atom is -0.465 e. The lowest BCUT2D eigenvalue weighted by molar-refractivity contribution is 0.0589. The molecule has 0 spiro atoms. The van der Waals surface area contributed by atoms with E-state index in [0.29, 0.717) is 5.56 Å². The van der Waals surface area contributed by atoms with Crippen LogP contribution in [0.5, 0.6) is 0 Å². The maximum absolute atomic E-state index is 11.9. The molecule has 0 unspecified atom stereocenters. The Bertz CT molecular complexity index is 703. The largest absolute Gasteiger partial charge is 0.465 e. The molecular weight excluding hydrogens is 296 g/mol. The van der Waals surface area contributed by atoms with Gasteiger partial charge in [-0.15, -0.1) is 0 Å². The summed E-state index contributed by atoms with van der Waals surface area (Å²) in [6.07, 6.45) is 2.91. The third-order valence-corrected chi connectivity index (χ3v) is 3.05. The number of esters is 2. The molecular formula is C14H11ClN2O4. The first-order valence-corrected chi connectivity index (χ1v) is 6.24. The number of hydrogen-bond acceptors (Lipinski definition) is 6. The lowest BCUT2D eigenvalue weighted by Gasteiger charge is -2.11. The van der Waals surface area contributed by atoms with E-state index >= 15 is 0 Å². The monoisotopic (exact) mass is 306 g/mol. The SMILES string of the molecule is COC(=O)c1cccnc1-c1ccnc(Cl)c1C(=O)OC. The van der Waals surface area contributed by atoms with E-state index in [1.165, 1.54) is 32.7 Å². The number of ether oxygens (including phenoxy) is 2. The number of methoxy groups -OCH3 is 2. The summed E-state index contributed by atoms with van der Waals surface area (Å²) >= 11 is 5.96. The van der Waals surface area contributed by atoms with Crippen LogP contribution in [0.15, 0.2) is 30.6 Å². The Balaban J connectivity index is 2.71. The van der Waals surface area contributed by atoms with Crippen LogP contribution >= 0.6 is 11.6 Å². The molecule has 0 atom stereocenters. The van der Waals surface area contributed by atoms with Crippen LogP contribution in [-0.2, 0) is 9.47 Å². The topological polar surface area (TPSA) is 78.4 Å². The molecule has 2 heterocycles. The van der Waals surface area contributed by atoms with Gasteiger partial charge in [-0.1, -0.05) is 11.6 Å². The van der Waals surface area contributed by atoms with Crippen molar-refractivity contribution in [3.05, 3.63) is 46.9 Å². The highest BCUT2D eigenvalue weighted by Crippen LogP contribution is 2.29. The highest BCUT2D eigenvalue weighted by atomic mass is 35.5. The maximum Gasteiger partial charge on any atom is 0.341 e. The van der Waals surface area contributed by atoms with Gasteiger partial charge in [-0.25, -0.2) is 14.6 Å². The number of halogens is 1. The van der Waals surface area contributed by atoms with Crippen molar-refractivity contribution in [2.75, 3.05) is 14.2 Å². The lowest BCUT2D eigenvalue weighted by atomic mass is 10.0. The molecule has 6 nitrogen and oxygen atoms in total. The number of hydrogen-bond donors (Lipinski definition) is 0. The lowest BCUT2D eigenvalue weighted by Crippen LogP contribution is -2.10. The van der Waals surface area contributed by atoms with Crippen molar-refractivity contribution in [1.82, 2.24) is 9.97 Å². The second-order valence-electron chi connectivity index (χ2n) is 3.91. The van der Waals surface area contributed by atoms with Crippen LogP contribution in [0.1, 0.15) is 20.7 Å². The molecule has 21 heavy (non-hydrogen) atoms. The summed E-state index contributed by atoms with van der Waals surface area (Å²) in [4.78, 5) is 31.7. The standard InChI is InChI=1S/C14H11ClN2O4/c1-20-13(18)9-4-3-6-16-11(9)8-5-7-17-12(15)10(8)14(19)21-2/h3-7H,1-2H3. The van der Waals surface area contributed by atoms with Crippen LogP contribution in [0, 0.1) is 0 Å². The van der Waals surface area contributed by atoms with Crippen molar-refractivity contribution in [3.63, 3.8) is 0 Å². The molecule has 7 heteroatoms. The Morgan fingerprint density at radius 2 is 1.76 bits per heavy atom. The van der Waals surface area contributed by atoms with Crippen molar-refractivity contribution >= 4 is 23.5 Å². The molecule has 0 bridgehead atoms. The van der Waals surface area contributed by atoms with Crippen molar-refractivity contribution in [3.8, 4) is 11.3 Å². The van der Waals surface area contributed by atoms with Crippen LogP contribution in [0.25, 0.3) is 11.3 Å². The van der Waals surface area contributed by atoms with E-state index in [4.69, 9.17) is 21.1 Å². The molecule has 0 aliphatic heterocycles. The number of nitrogens with zero attached hydrogens (tertiary/aromatic N) is 2. The normalized spacial score (nSPS) is 10.0. The van der Waals surface area contributed by atoms with Gasteiger partial charge in [0.15, 0.2) is 0 Å². The molecule has 0 aliphatic carbocycles. The zero-order valence-electron chi connectivity index (χ0n) is 11.3. The van der Waals surface area contributed by atoms with Gasteiger partial charge in [0.05, 0.1) is 25.5 Å². The number of pyridine rings is 2. The molecule has 0 fully saturated rings. The summed E-state index contributed by atoms with van der Waals surface area (Å²) in [6.45, 7) is 0. The number of rotatable bonds is 3. The fraction of sp³-hybridized carbons (Fsp3) is 0.143. The zero-order valence-corrected chi connectivity index (χ0v) is 12.0. The van der Waals surface area contributed by atoms with Crippen LogP contribution in [0.4, 0.5) is 0 Å². The van der Waals surface area contributed by atoms with Crippen molar-refractivity contribution < 1.29 is 19.1 Å². The van der Waals surface area contributed by atoms with Gasteiger partial charge in [-0.05, 0) is 18.2 Å². The first-order chi connectivity index (χ1) is 10.1. The van der Waals surface area contributed by atoms with Gasteiger partial charge in [-0.2, -0.15) is 0 Å². The fourth-order valence-electron chi connectivity index (χ4n) is 1.82. The van der Waals surface area contributed by atoms with Crippen molar-refractivity contribution in [2.24, 2.45) is 0 Å². The molecule has 0 aliphatic rings. The minimum absolute atomic E-state index is 0.0270. The highest BCUT2D eigenvalue weighted by Gasteiger charge is 2.23.